The second-order valence-electron chi connectivity index (χ2n) is 6.76. The van der Waals surface area contributed by atoms with Crippen LogP contribution in [-0.4, -0.2) is 21.3 Å². The average molecular weight is 393 g/mol. The van der Waals surface area contributed by atoms with Gasteiger partial charge in [-0.05, 0) is 50.5 Å². The topological polar surface area (TPSA) is 55.9 Å². The molecule has 2 aromatic heterocycles. The molecule has 1 N–H and O–H groups in total. The predicted octanol–water partition coefficient (Wildman–Crippen LogP) is 6.45. The highest BCUT2D eigenvalue weighted by Gasteiger charge is 2.16. The molecule has 0 saturated carbocycles. The van der Waals surface area contributed by atoms with E-state index < -0.39 is 0 Å². The summed E-state index contributed by atoms with van der Waals surface area (Å²) in [5, 5.41) is 7.50. The smallest absolute Gasteiger partial charge is 0.204 e. The molecule has 3 aromatic rings. The van der Waals surface area contributed by atoms with E-state index in [-0.39, 0.29) is 1.43 Å². The molecule has 0 saturated heterocycles. The highest BCUT2D eigenvalue weighted by molar-refractivity contribution is 5.85. The van der Waals surface area contributed by atoms with Crippen molar-refractivity contribution in [3.05, 3.63) is 65.6 Å². The first-order valence-corrected chi connectivity index (χ1v) is 10.4. The molecule has 0 bridgehead atoms. The number of hydrogen-bond donors (Lipinski definition) is 1. The van der Waals surface area contributed by atoms with E-state index in [0.29, 0.717) is 0 Å². The minimum absolute atomic E-state index is 0. The van der Waals surface area contributed by atoms with Gasteiger partial charge < -0.3 is 14.4 Å². The summed E-state index contributed by atoms with van der Waals surface area (Å²) in [5.74, 6) is 1.73. The van der Waals surface area contributed by atoms with E-state index in [1.165, 1.54) is 5.57 Å². The molecule has 0 radical (unpaired) electrons. The van der Waals surface area contributed by atoms with Crippen LogP contribution >= 0.6 is 0 Å². The monoisotopic (exact) mass is 392 g/mol. The van der Waals surface area contributed by atoms with E-state index in [2.05, 4.69) is 70.5 Å². The van der Waals surface area contributed by atoms with Crippen LogP contribution in [0.2, 0.25) is 0 Å². The van der Waals surface area contributed by atoms with Crippen LogP contribution in [0.5, 0.6) is 0 Å². The fourth-order valence-corrected chi connectivity index (χ4v) is 3.54. The van der Waals surface area contributed by atoms with Crippen LogP contribution < -0.4 is 5.32 Å². The van der Waals surface area contributed by atoms with Crippen molar-refractivity contribution in [2.45, 2.75) is 47.6 Å². The summed E-state index contributed by atoms with van der Waals surface area (Å²) >= 11 is 0. The molecule has 0 fully saturated rings. The van der Waals surface area contributed by atoms with Crippen molar-refractivity contribution in [2.75, 3.05) is 11.9 Å². The van der Waals surface area contributed by atoms with Crippen molar-refractivity contribution >= 4 is 17.0 Å². The number of hydrogen-bond acceptors (Lipinski definition) is 4. The summed E-state index contributed by atoms with van der Waals surface area (Å²) < 4.78 is 7.61. The number of allylic oxidation sites excluding steroid dienone is 6. The number of rotatable bonds is 5. The van der Waals surface area contributed by atoms with Crippen molar-refractivity contribution in [3.63, 3.8) is 0 Å². The van der Waals surface area contributed by atoms with E-state index in [1.807, 2.05) is 27.7 Å². The Morgan fingerprint density at radius 3 is 2.76 bits per heavy atom. The van der Waals surface area contributed by atoms with Gasteiger partial charge in [-0.2, -0.15) is 0 Å². The molecule has 0 aliphatic heterocycles. The summed E-state index contributed by atoms with van der Waals surface area (Å²) in [6.45, 7) is 11.6. The number of nitrogens with zero attached hydrogens (tertiary/aromatic N) is 3. The maximum atomic E-state index is 5.36. The third-order valence-electron chi connectivity index (χ3n) is 4.80. The molecule has 4 rings (SSSR count). The number of fused-ring (bicyclic) bond motifs is 1. The van der Waals surface area contributed by atoms with Gasteiger partial charge in [0.25, 0.3) is 0 Å². The minimum Gasteiger partial charge on any atom is -0.361 e. The van der Waals surface area contributed by atoms with Crippen LogP contribution in [0.4, 0.5) is 5.95 Å². The molecule has 0 atom stereocenters. The molecule has 0 unspecified atom stereocenters. The highest BCUT2D eigenvalue weighted by Crippen LogP contribution is 2.31. The fourth-order valence-electron chi connectivity index (χ4n) is 3.54. The lowest BCUT2D eigenvalue weighted by molar-refractivity contribution is 0.393. The Kier molecular flexibility index (Phi) is 6.70. The first kappa shape index (κ1) is 20.6. The first-order valence-electron chi connectivity index (χ1n) is 10.4. The van der Waals surface area contributed by atoms with Gasteiger partial charge in [0.2, 0.25) is 5.95 Å². The van der Waals surface area contributed by atoms with Gasteiger partial charge in [0.05, 0.1) is 23.3 Å². The van der Waals surface area contributed by atoms with E-state index in [9.17, 15) is 0 Å². The number of nitrogens with one attached hydrogen (secondary N) is 1. The standard InChI is InChI=1S/C22H24N4O.C2H6.H2/c1-4-23-22-24-19-12-11-18(21-15(2)25-27-16(21)3)13-20(19)26(22)14-17-9-7-5-6-8-10-17;1-2;/h5,7-13H,4,6,14H2,1-3H3,(H,23,24);1-2H3;1H. The third-order valence-corrected chi connectivity index (χ3v) is 4.80. The van der Waals surface area contributed by atoms with Gasteiger partial charge in [0.15, 0.2) is 0 Å². The van der Waals surface area contributed by atoms with E-state index in [0.717, 1.165) is 59.1 Å². The molecule has 0 spiro atoms. The molecule has 2 heterocycles. The quantitative estimate of drug-likeness (QED) is 0.542. The number of imidazole rings is 1. The Balaban J connectivity index is 0.00000104. The minimum atomic E-state index is 0. The molecule has 0 amide bonds. The van der Waals surface area contributed by atoms with E-state index in [1.54, 1.807) is 0 Å². The molecule has 1 aliphatic carbocycles. The summed E-state index contributed by atoms with van der Waals surface area (Å²) in [6.07, 6.45) is 11.8. The number of anilines is 1. The molecule has 5 heteroatoms. The van der Waals surface area contributed by atoms with Crippen molar-refractivity contribution in [2.24, 2.45) is 0 Å². The summed E-state index contributed by atoms with van der Waals surface area (Å²) in [6, 6.07) is 6.35. The van der Waals surface area contributed by atoms with Crippen LogP contribution in [0.1, 0.15) is 40.1 Å². The predicted molar refractivity (Wildman–Crippen MR) is 123 cm³/mol. The SMILES string of the molecule is CC.CCNc1nc2ccc(-c3c(C)noc3C)cc2n1CC1=CC=CCC=C1.[HH]. The Morgan fingerprint density at radius 2 is 2.03 bits per heavy atom. The van der Waals surface area contributed by atoms with Crippen molar-refractivity contribution in [3.8, 4) is 11.1 Å². The Labute approximate surface area is 174 Å². The Hall–Kier alpha value is -3.08. The zero-order chi connectivity index (χ0) is 20.8. The molecule has 154 valence electrons. The first-order chi connectivity index (χ1) is 14.2. The van der Waals surface area contributed by atoms with Crippen molar-refractivity contribution in [1.82, 2.24) is 14.7 Å². The number of aryl methyl sites for hydroxylation is 2. The van der Waals surface area contributed by atoms with Gasteiger partial charge in [0, 0.05) is 13.5 Å². The molecule has 1 aliphatic rings. The van der Waals surface area contributed by atoms with E-state index in [4.69, 9.17) is 9.51 Å². The maximum Gasteiger partial charge on any atom is 0.204 e. The van der Waals surface area contributed by atoms with Crippen molar-refractivity contribution < 1.29 is 5.95 Å². The molecule has 29 heavy (non-hydrogen) atoms. The van der Waals surface area contributed by atoms with Crippen LogP contribution in [0.3, 0.4) is 0 Å². The maximum absolute atomic E-state index is 5.36. The largest absolute Gasteiger partial charge is 0.361 e. The average Bonchev–Trinajstić information content (AvgIpc) is 3.11. The van der Waals surface area contributed by atoms with Gasteiger partial charge in [-0.3, -0.25) is 0 Å². The zero-order valence-corrected chi connectivity index (χ0v) is 18.0. The van der Waals surface area contributed by atoms with Crippen LogP contribution in [-0.2, 0) is 6.54 Å². The fraction of sp³-hybridized carbons (Fsp3) is 0.333. The lowest BCUT2D eigenvalue weighted by atomic mass is 10.0. The van der Waals surface area contributed by atoms with Gasteiger partial charge in [0.1, 0.15) is 5.76 Å². The second-order valence-corrected chi connectivity index (χ2v) is 6.76. The summed E-state index contributed by atoms with van der Waals surface area (Å²) in [7, 11) is 0. The summed E-state index contributed by atoms with van der Waals surface area (Å²) in [4.78, 5) is 4.80. The van der Waals surface area contributed by atoms with E-state index >= 15 is 0 Å². The van der Waals surface area contributed by atoms with Gasteiger partial charge in [-0.1, -0.05) is 55.5 Å². The lowest BCUT2D eigenvalue weighted by Gasteiger charge is -2.11. The third kappa shape index (κ3) is 4.34. The Morgan fingerprint density at radius 1 is 1.21 bits per heavy atom. The lowest BCUT2D eigenvalue weighted by Crippen LogP contribution is -2.08. The molecule has 5 nitrogen and oxygen atoms in total. The van der Waals surface area contributed by atoms with Crippen LogP contribution in [0.15, 0.2) is 58.7 Å². The van der Waals surface area contributed by atoms with Crippen LogP contribution in [0, 0.1) is 13.8 Å². The van der Waals surface area contributed by atoms with Crippen LogP contribution in [0.25, 0.3) is 22.2 Å². The summed E-state index contributed by atoms with van der Waals surface area (Å²) in [5.41, 5.74) is 6.41. The molecular weight excluding hydrogens is 360 g/mol. The van der Waals surface area contributed by atoms with Gasteiger partial charge in [-0.15, -0.1) is 0 Å². The highest BCUT2D eigenvalue weighted by atomic mass is 16.5. The second kappa shape index (κ2) is 9.41. The van der Waals surface area contributed by atoms with Crippen molar-refractivity contribution in [1.29, 1.82) is 0 Å². The van der Waals surface area contributed by atoms with Gasteiger partial charge >= 0.3 is 0 Å². The Bertz CT molecular complexity index is 1050. The number of aromatic nitrogens is 3. The molecule has 1 aromatic carbocycles. The normalized spacial score (nSPS) is 13.1. The number of benzene rings is 1. The molecular formula is C24H32N4O. The zero-order valence-electron chi connectivity index (χ0n) is 18.0. The van der Waals surface area contributed by atoms with Gasteiger partial charge in [-0.25, -0.2) is 4.98 Å².